The first kappa shape index (κ1) is 20.2. The summed E-state index contributed by atoms with van der Waals surface area (Å²) in [4.78, 5) is 15.5. The van der Waals surface area contributed by atoms with Crippen LogP contribution in [-0.2, 0) is 11.2 Å². The largest absolute Gasteiger partial charge is 0.488 e. The second-order valence-corrected chi connectivity index (χ2v) is 7.01. The first-order valence-electron chi connectivity index (χ1n) is 9.73. The third-order valence-electron chi connectivity index (χ3n) is 5.16. The zero-order valence-electron chi connectivity index (χ0n) is 16.8. The summed E-state index contributed by atoms with van der Waals surface area (Å²) in [5, 5.41) is 0. The van der Waals surface area contributed by atoms with Crippen LogP contribution < -0.4 is 9.64 Å². The van der Waals surface area contributed by atoms with Gasteiger partial charge in [0.1, 0.15) is 12.3 Å². The molecule has 3 heterocycles. The van der Waals surface area contributed by atoms with Crippen molar-refractivity contribution in [1.29, 1.82) is 0 Å². The molecule has 4 rings (SSSR count). The Balaban J connectivity index is 1.61. The van der Waals surface area contributed by atoms with E-state index in [1.54, 1.807) is 12.4 Å². The van der Waals surface area contributed by atoms with Gasteiger partial charge in [0.15, 0.2) is 17.4 Å². The number of rotatable bonds is 6. The van der Waals surface area contributed by atoms with Gasteiger partial charge in [-0.3, -0.25) is 4.98 Å². The second-order valence-electron chi connectivity index (χ2n) is 7.01. The molecule has 0 bridgehead atoms. The molecule has 1 aliphatic heterocycles. The molecular formula is C22H22F2N4O2. The molecule has 0 unspecified atom stereocenters. The summed E-state index contributed by atoms with van der Waals surface area (Å²) in [6.07, 6.45) is 4.15. The minimum atomic E-state index is -0.997. The van der Waals surface area contributed by atoms with E-state index in [2.05, 4.69) is 15.0 Å². The number of halogens is 2. The number of nitrogens with zero attached hydrogens (tertiary/aromatic N) is 4. The zero-order valence-corrected chi connectivity index (χ0v) is 16.8. The third-order valence-corrected chi connectivity index (χ3v) is 5.16. The van der Waals surface area contributed by atoms with Crippen LogP contribution >= 0.6 is 0 Å². The Bertz CT molecular complexity index is 1030. The van der Waals surface area contributed by atoms with Crippen LogP contribution in [0, 0.1) is 11.6 Å². The van der Waals surface area contributed by atoms with E-state index < -0.39 is 11.6 Å². The second kappa shape index (κ2) is 8.71. The fourth-order valence-electron chi connectivity index (χ4n) is 3.59. The van der Waals surface area contributed by atoms with E-state index in [4.69, 9.17) is 9.47 Å². The average Bonchev–Trinajstić information content (AvgIpc) is 2.77. The van der Waals surface area contributed by atoms with E-state index in [9.17, 15) is 8.78 Å². The molecule has 0 fully saturated rings. The van der Waals surface area contributed by atoms with Crippen LogP contribution in [0.25, 0.3) is 11.5 Å². The molecule has 0 saturated heterocycles. The summed E-state index contributed by atoms with van der Waals surface area (Å²) in [5.41, 5.74) is 3.16. The molecule has 1 aliphatic rings. The van der Waals surface area contributed by atoms with Crippen molar-refractivity contribution in [3.8, 4) is 17.3 Å². The Labute approximate surface area is 173 Å². The predicted octanol–water partition coefficient (Wildman–Crippen LogP) is 3.97. The lowest BCUT2D eigenvalue weighted by molar-refractivity contribution is 0.143. The average molecular weight is 412 g/mol. The molecule has 0 radical (unpaired) electrons. The van der Waals surface area contributed by atoms with Crippen molar-refractivity contribution in [2.24, 2.45) is 0 Å². The minimum Gasteiger partial charge on any atom is -0.488 e. The molecule has 8 heteroatoms. The Morgan fingerprint density at radius 3 is 2.80 bits per heavy atom. The van der Waals surface area contributed by atoms with Gasteiger partial charge in [0.05, 0.1) is 18.3 Å². The number of hydrogen-bond donors (Lipinski definition) is 0. The van der Waals surface area contributed by atoms with Gasteiger partial charge in [-0.25, -0.2) is 14.4 Å². The molecule has 0 spiro atoms. The van der Waals surface area contributed by atoms with Crippen LogP contribution in [0.2, 0.25) is 0 Å². The highest BCUT2D eigenvalue weighted by molar-refractivity contribution is 5.56. The van der Waals surface area contributed by atoms with Crippen LogP contribution in [0.15, 0.2) is 42.7 Å². The molecule has 3 aromatic rings. The lowest BCUT2D eigenvalue weighted by atomic mass is 9.98. The molecule has 156 valence electrons. The summed E-state index contributed by atoms with van der Waals surface area (Å²) in [6, 6.07) is 8.22. The van der Waals surface area contributed by atoms with Crippen molar-refractivity contribution in [2.45, 2.75) is 19.4 Å². The number of anilines is 1. The highest BCUT2D eigenvalue weighted by Gasteiger charge is 2.27. The topological polar surface area (TPSA) is 60.4 Å². The number of benzene rings is 1. The zero-order chi connectivity index (χ0) is 21.1. The first-order valence-corrected chi connectivity index (χ1v) is 9.73. The molecule has 1 aromatic carbocycles. The molecule has 6 nitrogen and oxygen atoms in total. The maximum atomic E-state index is 14.2. The fourth-order valence-corrected chi connectivity index (χ4v) is 3.59. The van der Waals surface area contributed by atoms with E-state index in [-0.39, 0.29) is 25.0 Å². The van der Waals surface area contributed by atoms with Gasteiger partial charge in [-0.2, -0.15) is 4.39 Å². The molecule has 0 amide bonds. The number of methoxy groups -OCH3 is 1. The summed E-state index contributed by atoms with van der Waals surface area (Å²) in [5.74, 6) is -1.48. The van der Waals surface area contributed by atoms with Crippen molar-refractivity contribution in [3.63, 3.8) is 0 Å². The summed E-state index contributed by atoms with van der Waals surface area (Å²) >= 11 is 0. The molecule has 30 heavy (non-hydrogen) atoms. The lowest BCUT2D eigenvalue weighted by Gasteiger charge is -2.36. The molecule has 1 atom stereocenters. The number of hydrogen-bond acceptors (Lipinski definition) is 6. The third kappa shape index (κ3) is 3.95. The van der Waals surface area contributed by atoms with Gasteiger partial charge in [0.25, 0.3) is 0 Å². The summed E-state index contributed by atoms with van der Waals surface area (Å²) < 4.78 is 38.6. The number of pyridine rings is 1. The van der Waals surface area contributed by atoms with Crippen LogP contribution in [0.3, 0.4) is 0 Å². The van der Waals surface area contributed by atoms with Crippen molar-refractivity contribution in [3.05, 3.63) is 65.6 Å². The highest BCUT2D eigenvalue weighted by atomic mass is 19.2. The molecule has 0 N–H and O–H groups in total. The predicted molar refractivity (Wildman–Crippen MR) is 108 cm³/mol. The van der Waals surface area contributed by atoms with E-state index >= 15 is 0 Å². The SMILES string of the molecule is COCCOc1cc(N2CCc3nc(-c4ccccn4)ncc3[C@H]2C)cc(F)c1F. The van der Waals surface area contributed by atoms with E-state index in [0.29, 0.717) is 30.2 Å². The Kier molecular flexibility index (Phi) is 5.85. The van der Waals surface area contributed by atoms with Gasteiger partial charge in [0.2, 0.25) is 5.82 Å². The lowest BCUT2D eigenvalue weighted by Crippen LogP contribution is -2.35. The van der Waals surface area contributed by atoms with E-state index in [1.807, 2.05) is 30.0 Å². The van der Waals surface area contributed by atoms with Gasteiger partial charge in [0, 0.05) is 55.9 Å². The van der Waals surface area contributed by atoms with Crippen molar-refractivity contribution < 1.29 is 18.3 Å². The molecule has 0 aliphatic carbocycles. The van der Waals surface area contributed by atoms with Gasteiger partial charge in [-0.05, 0) is 19.1 Å². The Morgan fingerprint density at radius 2 is 2.03 bits per heavy atom. The van der Waals surface area contributed by atoms with Gasteiger partial charge >= 0.3 is 0 Å². The van der Waals surface area contributed by atoms with Crippen molar-refractivity contribution in [1.82, 2.24) is 15.0 Å². The fraction of sp³-hybridized carbons (Fsp3) is 0.318. The number of aromatic nitrogens is 3. The van der Waals surface area contributed by atoms with E-state index in [1.165, 1.54) is 19.2 Å². The van der Waals surface area contributed by atoms with Crippen molar-refractivity contribution >= 4 is 5.69 Å². The van der Waals surface area contributed by atoms with Crippen LogP contribution in [0.1, 0.15) is 24.2 Å². The van der Waals surface area contributed by atoms with Gasteiger partial charge in [-0.15, -0.1) is 0 Å². The normalized spacial score (nSPS) is 15.7. The summed E-state index contributed by atoms with van der Waals surface area (Å²) in [6.45, 7) is 3.03. The monoisotopic (exact) mass is 412 g/mol. The smallest absolute Gasteiger partial charge is 0.200 e. The Hall–Kier alpha value is -3.13. The number of fused-ring (bicyclic) bond motifs is 1. The van der Waals surface area contributed by atoms with Crippen LogP contribution in [0.5, 0.6) is 5.75 Å². The minimum absolute atomic E-state index is 0.108. The first-order chi connectivity index (χ1) is 14.6. The van der Waals surface area contributed by atoms with Crippen molar-refractivity contribution in [2.75, 3.05) is 31.8 Å². The van der Waals surface area contributed by atoms with Gasteiger partial charge < -0.3 is 14.4 Å². The standard InChI is InChI=1S/C22H22F2N4O2/c1-14-16-13-26-22(19-5-3-4-7-25-19)27-18(16)6-8-28(14)15-11-17(23)21(24)20(12-15)30-10-9-29-2/h3-5,7,11-14H,6,8-10H2,1-2H3/t14-/m1/s1. The van der Waals surface area contributed by atoms with E-state index in [0.717, 1.165) is 11.3 Å². The highest BCUT2D eigenvalue weighted by Crippen LogP contribution is 2.36. The maximum absolute atomic E-state index is 14.2. The maximum Gasteiger partial charge on any atom is 0.200 e. The quantitative estimate of drug-likeness (QED) is 0.571. The Morgan fingerprint density at radius 1 is 1.17 bits per heavy atom. The number of ether oxygens (including phenoxy) is 2. The van der Waals surface area contributed by atoms with Crippen LogP contribution in [0.4, 0.5) is 14.5 Å². The molecule has 0 saturated carbocycles. The molecule has 2 aromatic heterocycles. The van der Waals surface area contributed by atoms with Gasteiger partial charge in [-0.1, -0.05) is 6.07 Å². The molecular weight excluding hydrogens is 390 g/mol. The summed E-state index contributed by atoms with van der Waals surface area (Å²) in [7, 11) is 1.52. The van der Waals surface area contributed by atoms with Crippen LogP contribution in [-0.4, -0.2) is 41.8 Å².